The van der Waals surface area contributed by atoms with Crippen LogP contribution in [0.1, 0.15) is 25.0 Å². The van der Waals surface area contributed by atoms with Crippen LogP contribution in [-0.4, -0.2) is 33.5 Å². The number of fused-ring (bicyclic) bond motifs is 3. The summed E-state index contributed by atoms with van der Waals surface area (Å²) in [5.74, 6) is 1.78. The second kappa shape index (κ2) is 7.80. The number of nitrogens with one attached hydrogen (secondary N) is 1. The number of hydrogen-bond acceptors (Lipinski definition) is 5. The van der Waals surface area contributed by atoms with Crippen LogP contribution < -0.4 is 9.47 Å². The van der Waals surface area contributed by atoms with E-state index in [1.165, 1.54) is 5.56 Å². The summed E-state index contributed by atoms with van der Waals surface area (Å²) in [5.41, 5.74) is 8.16. The average molecular weight is 413 g/mol. The Kier molecular flexibility index (Phi) is 4.82. The lowest BCUT2D eigenvalue weighted by Crippen LogP contribution is -1.99. The summed E-state index contributed by atoms with van der Waals surface area (Å²) in [6, 6.07) is 15.2. The Labute approximate surface area is 180 Å². The first-order chi connectivity index (χ1) is 15.2. The van der Waals surface area contributed by atoms with Crippen LogP contribution >= 0.6 is 0 Å². The van der Waals surface area contributed by atoms with Crippen molar-refractivity contribution in [3.63, 3.8) is 0 Å². The second-order valence-corrected chi connectivity index (χ2v) is 7.40. The molecule has 1 aliphatic carbocycles. The number of aromatic hydroxyl groups is 1. The molecular formula is C25H23N3O3. The highest BCUT2D eigenvalue weighted by atomic mass is 16.5. The van der Waals surface area contributed by atoms with E-state index in [2.05, 4.69) is 21.2 Å². The van der Waals surface area contributed by atoms with Crippen LogP contribution in [0.5, 0.6) is 17.2 Å². The van der Waals surface area contributed by atoms with Crippen molar-refractivity contribution in [2.24, 2.45) is 0 Å². The molecule has 1 aliphatic rings. The van der Waals surface area contributed by atoms with Crippen molar-refractivity contribution in [3.8, 4) is 51.0 Å². The molecule has 0 saturated carbocycles. The quantitative estimate of drug-likeness (QED) is 0.399. The molecule has 0 aliphatic heterocycles. The number of H-pyrrole nitrogens is 1. The molecule has 0 bridgehead atoms. The fraction of sp³-hybridized carbons (Fsp3) is 0.200. The van der Waals surface area contributed by atoms with Crippen molar-refractivity contribution < 1.29 is 14.6 Å². The van der Waals surface area contributed by atoms with Gasteiger partial charge in [-0.25, -0.2) is 0 Å². The lowest BCUT2D eigenvalue weighted by atomic mass is 10.1. The predicted molar refractivity (Wildman–Crippen MR) is 119 cm³/mol. The van der Waals surface area contributed by atoms with Gasteiger partial charge in [-0.3, -0.25) is 10.1 Å². The zero-order valence-corrected chi connectivity index (χ0v) is 17.5. The lowest BCUT2D eigenvalue weighted by Gasteiger charge is -2.13. The number of aromatic amines is 1. The highest BCUT2D eigenvalue weighted by Crippen LogP contribution is 2.44. The van der Waals surface area contributed by atoms with E-state index in [1.54, 1.807) is 12.1 Å². The minimum Gasteiger partial charge on any atom is -0.508 e. The van der Waals surface area contributed by atoms with E-state index >= 15 is 0 Å². The molecule has 156 valence electrons. The van der Waals surface area contributed by atoms with Crippen LogP contribution in [0.2, 0.25) is 0 Å². The standard InChI is InChI=1S/C25H23N3O3/c1-3-30-22-12-17-11-20-24(27-28-25(20)19(17)13-23(22)31-4-2)16-7-10-21(26-14-16)15-5-8-18(29)9-6-15/h5-10,12-14,29H,3-4,11H2,1-2H3,(H,27,28). The van der Waals surface area contributed by atoms with Gasteiger partial charge in [0.05, 0.1) is 30.3 Å². The van der Waals surface area contributed by atoms with Crippen LogP contribution in [0.3, 0.4) is 0 Å². The van der Waals surface area contributed by atoms with Crippen molar-refractivity contribution in [1.29, 1.82) is 0 Å². The van der Waals surface area contributed by atoms with Crippen LogP contribution in [-0.2, 0) is 6.42 Å². The first-order valence-corrected chi connectivity index (χ1v) is 10.4. The molecule has 2 heterocycles. The van der Waals surface area contributed by atoms with Crippen molar-refractivity contribution in [2.75, 3.05) is 13.2 Å². The lowest BCUT2D eigenvalue weighted by molar-refractivity contribution is 0.287. The molecule has 2 aromatic heterocycles. The average Bonchev–Trinajstić information content (AvgIpc) is 3.34. The molecule has 4 aromatic rings. The normalized spacial score (nSPS) is 11.8. The molecular weight excluding hydrogens is 390 g/mol. The molecule has 2 N–H and O–H groups in total. The van der Waals surface area contributed by atoms with E-state index in [0.717, 1.165) is 57.3 Å². The Morgan fingerprint density at radius 1 is 0.935 bits per heavy atom. The predicted octanol–water partition coefficient (Wildman–Crippen LogP) is 5.21. The van der Waals surface area contributed by atoms with Gasteiger partial charge in [-0.1, -0.05) is 0 Å². The molecule has 0 amide bonds. The number of hydrogen-bond donors (Lipinski definition) is 2. The van der Waals surface area contributed by atoms with Gasteiger partial charge in [0.15, 0.2) is 11.5 Å². The highest BCUT2D eigenvalue weighted by Gasteiger charge is 2.27. The van der Waals surface area contributed by atoms with Gasteiger partial charge < -0.3 is 14.6 Å². The molecule has 6 heteroatoms. The van der Waals surface area contributed by atoms with Gasteiger partial charge in [0, 0.05) is 34.9 Å². The van der Waals surface area contributed by atoms with Crippen molar-refractivity contribution >= 4 is 0 Å². The van der Waals surface area contributed by atoms with E-state index in [1.807, 2.05) is 50.4 Å². The molecule has 0 atom stereocenters. The summed E-state index contributed by atoms with van der Waals surface area (Å²) >= 11 is 0. The molecule has 0 saturated heterocycles. The maximum Gasteiger partial charge on any atom is 0.161 e. The van der Waals surface area contributed by atoms with Crippen LogP contribution in [0.15, 0.2) is 54.7 Å². The molecule has 5 rings (SSSR count). The number of phenols is 1. The zero-order chi connectivity index (χ0) is 21.4. The Hall–Kier alpha value is -3.80. The fourth-order valence-corrected chi connectivity index (χ4v) is 4.04. The van der Waals surface area contributed by atoms with E-state index < -0.39 is 0 Å². The first kappa shape index (κ1) is 19.2. The SMILES string of the molecule is CCOc1cc2c(cc1OCC)-c1[nH]nc(-c3ccc(-c4ccc(O)cc4)nc3)c1C2. The van der Waals surface area contributed by atoms with Gasteiger partial charge in [0.2, 0.25) is 0 Å². The van der Waals surface area contributed by atoms with E-state index in [4.69, 9.17) is 9.47 Å². The molecule has 31 heavy (non-hydrogen) atoms. The van der Waals surface area contributed by atoms with Gasteiger partial charge in [-0.2, -0.15) is 5.10 Å². The highest BCUT2D eigenvalue weighted by molar-refractivity contribution is 5.82. The summed E-state index contributed by atoms with van der Waals surface area (Å²) in [6.07, 6.45) is 2.63. The Balaban J connectivity index is 1.48. The van der Waals surface area contributed by atoms with Gasteiger partial charge in [-0.15, -0.1) is 0 Å². The molecule has 0 radical (unpaired) electrons. The third kappa shape index (κ3) is 3.40. The van der Waals surface area contributed by atoms with Crippen LogP contribution in [0.25, 0.3) is 33.8 Å². The van der Waals surface area contributed by atoms with Crippen molar-refractivity contribution in [1.82, 2.24) is 15.2 Å². The Bertz CT molecular complexity index is 1230. The minimum atomic E-state index is 0.243. The largest absolute Gasteiger partial charge is 0.508 e. The van der Waals surface area contributed by atoms with E-state index in [-0.39, 0.29) is 5.75 Å². The molecule has 0 unspecified atom stereocenters. The van der Waals surface area contributed by atoms with Crippen LogP contribution in [0.4, 0.5) is 0 Å². The maximum atomic E-state index is 9.48. The summed E-state index contributed by atoms with van der Waals surface area (Å²) in [4.78, 5) is 4.61. The molecule has 6 nitrogen and oxygen atoms in total. The second-order valence-electron chi connectivity index (χ2n) is 7.40. The van der Waals surface area contributed by atoms with E-state index in [0.29, 0.717) is 13.2 Å². The molecule has 0 spiro atoms. The van der Waals surface area contributed by atoms with Gasteiger partial charge >= 0.3 is 0 Å². The topological polar surface area (TPSA) is 80.3 Å². The fourth-order valence-electron chi connectivity index (χ4n) is 4.04. The Morgan fingerprint density at radius 3 is 2.32 bits per heavy atom. The number of benzene rings is 2. The Morgan fingerprint density at radius 2 is 1.65 bits per heavy atom. The third-order valence-electron chi connectivity index (χ3n) is 5.47. The number of rotatable bonds is 6. The summed E-state index contributed by atoms with van der Waals surface area (Å²) in [6.45, 7) is 5.12. The number of phenolic OH excluding ortho intramolecular Hbond substituents is 1. The number of pyridine rings is 1. The van der Waals surface area contributed by atoms with E-state index in [9.17, 15) is 5.11 Å². The number of aromatic nitrogens is 3. The molecule has 2 aromatic carbocycles. The van der Waals surface area contributed by atoms with Gasteiger partial charge in [-0.05, 0) is 67.9 Å². The summed E-state index contributed by atoms with van der Waals surface area (Å²) in [7, 11) is 0. The summed E-state index contributed by atoms with van der Waals surface area (Å²) < 4.78 is 11.6. The number of ether oxygens (including phenoxy) is 2. The monoisotopic (exact) mass is 413 g/mol. The van der Waals surface area contributed by atoms with Gasteiger partial charge in [0.25, 0.3) is 0 Å². The van der Waals surface area contributed by atoms with Crippen molar-refractivity contribution in [3.05, 3.63) is 65.9 Å². The van der Waals surface area contributed by atoms with Crippen molar-refractivity contribution in [2.45, 2.75) is 20.3 Å². The smallest absolute Gasteiger partial charge is 0.161 e. The minimum absolute atomic E-state index is 0.243. The number of nitrogens with zero attached hydrogens (tertiary/aromatic N) is 2. The van der Waals surface area contributed by atoms with Crippen LogP contribution in [0, 0.1) is 0 Å². The third-order valence-corrected chi connectivity index (χ3v) is 5.47. The maximum absolute atomic E-state index is 9.48. The molecule has 0 fully saturated rings. The zero-order valence-electron chi connectivity index (χ0n) is 17.5. The first-order valence-electron chi connectivity index (χ1n) is 10.4. The van der Waals surface area contributed by atoms with Gasteiger partial charge in [0.1, 0.15) is 5.75 Å². The summed E-state index contributed by atoms with van der Waals surface area (Å²) in [5, 5.41) is 17.3.